The molecule has 0 bridgehead atoms. The summed E-state index contributed by atoms with van der Waals surface area (Å²) in [6.45, 7) is 3.76. The van der Waals surface area contributed by atoms with Gasteiger partial charge < -0.3 is 24.3 Å². The summed E-state index contributed by atoms with van der Waals surface area (Å²) in [4.78, 5) is 24.6. The first kappa shape index (κ1) is 22.8. The number of benzene rings is 1. The van der Waals surface area contributed by atoms with Crippen LogP contribution in [-0.4, -0.2) is 45.4 Å². The molecular weight excluding hydrogens is 374 g/mol. The number of ether oxygens (including phenoxy) is 4. The van der Waals surface area contributed by atoms with Crippen LogP contribution in [0.15, 0.2) is 12.1 Å². The SMILES string of the molecule is COc1cc(CCC(=O)OC(C)C(=O)NC2CCCCC2C)cc(OC)c1OC. The van der Waals surface area contributed by atoms with Gasteiger partial charge in [0.2, 0.25) is 5.75 Å². The van der Waals surface area contributed by atoms with Crippen molar-refractivity contribution in [3.8, 4) is 17.2 Å². The van der Waals surface area contributed by atoms with Gasteiger partial charge in [0.1, 0.15) is 0 Å². The lowest BCUT2D eigenvalue weighted by Gasteiger charge is -2.30. The quantitative estimate of drug-likeness (QED) is 0.633. The van der Waals surface area contributed by atoms with E-state index in [1.54, 1.807) is 33.3 Å². The van der Waals surface area contributed by atoms with Gasteiger partial charge in [-0.3, -0.25) is 9.59 Å². The van der Waals surface area contributed by atoms with Gasteiger partial charge in [0, 0.05) is 12.5 Å². The molecule has 1 aliphatic rings. The Morgan fingerprint density at radius 2 is 1.69 bits per heavy atom. The van der Waals surface area contributed by atoms with Crippen molar-refractivity contribution >= 4 is 11.9 Å². The molecule has 7 nitrogen and oxygen atoms in total. The zero-order chi connectivity index (χ0) is 21.4. The van der Waals surface area contributed by atoms with Gasteiger partial charge in [-0.1, -0.05) is 19.8 Å². The Bertz CT molecular complexity index is 680. The Morgan fingerprint density at radius 3 is 2.24 bits per heavy atom. The van der Waals surface area contributed by atoms with Crippen molar-refractivity contribution < 1.29 is 28.5 Å². The lowest BCUT2D eigenvalue weighted by atomic mass is 9.86. The summed E-state index contributed by atoms with van der Waals surface area (Å²) < 4.78 is 21.3. The van der Waals surface area contributed by atoms with E-state index in [1.807, 2.05) is 0 Å². The number of amides is 1. The van der Waals surface area contributed by atoms with E-state index in [4.69, 9.17) is 18.9 Å². The maximum Gasteiger partial charge on any atom is 0.306 e. The average molecular weight is 408 g/mol. The number of methoxy groups -OCH3 is 3. The monoisotopic (exact) mass is 407 g/mol. The maximum atomic E-state index is 12.4. The third-order valence-electron chi connectivity index (χ3n) is 5.46. The van der Waals surface area contributed by atoms with Crippen LogP contribution in [-0.2, 0) is 20.7 Å². The van der Waals surface area contributed by atoms with Crippen LogP contribution >= 0.6 is 0 Å². The van der Waals surface area contributed by atoms with Crippen molar-refractivity contribution in [2.24, 2.45) is 5.92 Å². The molecule has 162 valence electrons. The van der Waals surface area contributed by atoms with Gasteiger partial charge in [-0.25, -0.2) is 0 Å². The van der Waals surface area contributed by atoms with Crippen LogP contribution in [0.1, 0.15) is 51.5 Å². The van der Waals surface area contributed by atoms with Gasteiger partial charge >= 0.3 is 5.97 Å². The number of hydrogen-bond donors (Lipinski definition) is 1. The predicted octanol–water partition coefficient (Wildman–Crippen LogP) is 3.27. The highest BCUT2D eigenvalue weighted by Gasteiger charge is 2.26. The van der Waals surface area contributed by atoms with Crippen molar-refractivity contribution in [1.29, 1.82) is 0 Å². The van der Waals surface area contributed by atoms with Gasteiger partial charge in [0.05, 0.1) is 21.3 Å². The molecule has 0 aliphatic heterocycles. The normalized spacial score (nSPS) is 19.8. The smallest absolute Gasteiger partial charge is 0.306 e. The molecule has 1 amide bonds. The summed E-state index contributed by atoms with van der Waals surface area (Å²) in [6.07, 6.45) is 4.20. The first-order valence-electron chi connectivity index (χ1n) is 10.2. The largest absolute Gasteiger partial charge is 0.493 e. The molecule has 29 heavy (non-hydrogen) atoms. The minimum atomic E-state index is -0.809. The minimum Gasteiger partial charge on any atom is -0.493 e. The number of esters is 1. The highest BCUT2D eigenvalue weighted by Crippen LogP contribution is 2.38. The Morgan fingerprint density at radius 1 is 1.07 bits per heavy atom. The number of carbonyl (C=O) groups is 2. The number of carbonyl (C=O) groups excluding carboxylic acids is 2. The van der Waals surface area contributed by atoms with Crippen LogP contribution in [0.4, 0.5) is 0 Å². The zero-order valence-electron chi connectivity index (χ0n) is 18.1. The summed E-state index contributed by atoms with van der Waals surface area (Å²) in [5, 5.41) is 3.03. The van der Waals surface area contributed by atoms with Gasteiger partial charge in [0.25, 0.3) is 5.91 Å². The van der Waals surface area contributed by atoms with E-state index in [9.17, 15) is 9.59 Å². The van der Waals surface area contributed by atoms with Crippen LogP contribution in [0.25, 0.3) is 0 Å². The van der Waals surface area contributed by atoms with Gasteiger partial charge in [0.15, 0.2) is 17.6 Å². The van der Waals surface area contributed by atoms with Crippen molar-refractivity contribution in [3.63, 3.8) is 0 Å². The van der Waals surface area contributed by atoms with Crippen LogP contribution in [0.2, 0.25) is 0 Å². The fraction of sp³-hybridized carbons (Fsp3) is 0.636. The zero-order valence-corrected chi connectivity index (χ0v) is 18.1. The van der Waals surface area contributed by atoms with E-state index in [0.29, 0.717) is 29.6 Å². The molecule has 2 rings (SSSR count). The first-order valence-corrected chi connectivity index (χ1v) is 10.2. The van der Waals surface area contributed by atoms with Crippen LogP contribution < -0.4 is 19.5 Å². The van der Waals surface area contributed by atoms with E-state index < -0.39 is 12.1 Å². The second-order valence-corrected chi connectivity index (χ2v) is 7.54. The van der Waals surface area contributed by atoms with E-state index in [0.717, 1.165) is 24.8 Å². The van der Waals surface area contributed by atoms with Gasteiger partial charge in [-0.05, 0) is 49.8 Å². The number of nitrogens with one attached hydrogen (secondary N) is 1. The predicted molar refractivity (Wildman–Crippen MR) is 110 cm³/mol. The molecule has 0 heterocycles. The number of hydrogen-bond acceptors (Lipinski definition) is 6. The molecule has 0 spiro atoms. The van der Waals surface area contributed by atoms with E-state index in [1.165, 1.54) is 13.5 Å². The highest BCUT2D eigenvalue weighted by atomic mass is 16.5. The number of rotatable bonds is 9. The van der Waals surface area contributed by atoms with Crippen molar-refractivity contribution in [2.45, 2.75) is 64.5 Å². The average Bonchev–Trinajstić information content (AvgIpc) is 2.72. The fourth-order valence-electron chi connectivity index (χ4n) is 3.67. The minimum absolute atomic E-state index is 0.149. The Hall–Kier alpha value is -2.44. The Balaban J connectivity index is 1.88. The molecule has 1 saturated carbocycles. The molecule has 1 aliphatic carbocycles. The summed E-state index contributed by atoms with van der Waals surface area (Å²) in [7, 11) is 4.63. The molecule has 0 radical (unpaired) electrons. The maximum absolute atomic E-state index is 12.4. The Kier molecular flexibility index (Phi) is 8.61. The van der Waals surface area contributed by atoms with Crippen molar-refractivity contribution in [1.82, 2.24) is 5.32 Å². The molecule has 3 unspecified atom stereocenters. The summed E-state index contributed by atoms with van der Waals surface area (Å²) >= 11 is 0. The second kappa shape index (κ2) is 10.9. The summed E-state index contributed by atoms with van der Waals surface area (Å²) in [5.41, 5.74) is 0.851. The topological polar surface area (TPSA) is 83.1 Å². The molecular formula is C22H33NO6. The standard InChI is InChI=1S/C22H33NO6/c1-14-8-6-7-9-17(14)23-22(25)15(2)29-20(24)11-10-16-12-18(26-3)21(28-5)19(13-16)27-4/h12-15,17H,6-11H2,1-5H3,(H,23,25). The Labute approximate surface area is 173 Å². The van der Waals surface area contributed by atoms with E-state index in [-0.39, 0.29) is 18.4 Å². The third kappa shape index (κ3) is 6.27. The molecule has 0 saturated heterocycles. The van der Waals surface area contributed by atoms with Crippen LogP contribution in [0, 0.1) is 5.92 Å². The fourth-order valence-corrected chi connectivity index (χ4v) is 3.67. The lowest BCUT2D eigenvalue weighted by molar-refractivity contribution is -0.155. The van der Waals surface area contributed by atoms with E-state index >= 15 is 0 Å². The molecule has 3 atom stereocenters. The van der Waals surface area contributed by atoms with Crippen molar-refractivity contribution in [3.05, 3.63) is 17.7 Å². The molecule has 1 N–H and O–H groups in total. The third-order valence-corrected chi connectivity index (χ3v) is 5.46. The van der Waals surface area contributed by atoms with Crippen LogP contribution in [0.3, 0.4) is 0 Å². The second-order valence-electron chi connectivity index (χ2n) is 7.54. The molecule has 1 fully saturated rings. The molecule has 1 aromatic carbocycles. The highest BCUT2D eigenvalue weighted by molar-refractivity contribution is 5.83. The van der Waals surface area contributed by atoms with Gasteiger partial charge in [-0.2, -0.15) is 0 Å². The molecule has 7 heteroatoms. The molecule has 1 aromatic rings. The van der Waals surface area contributed by atoms with Crippen molar-refractivity contribution in [2.75, 3.05) is 21.3 Å². The summed E-state index contributed by atoms with van der Waals surface area (Å²) in [5.74, 6) is 1.37. The van der Waals surface area contributed by atoms with Crippen LogP contribution in [0.5, 0.6) is 17.2 Å². The molecule has 0 aromatic heterocycles. The van der Waals surface area contributed by atoms with Gasteiger partial charge in [-0.15, -0.1) is 0 Å². The lowest BCUT2D eigenvalue weighted by Crippen LogP contribution is -2.46. The first-order chi connectivity index (χ1) is 13.9. The van der Waals surface area contributed by atoms with E-state index in [2.05, 4.69) is 12.2 Å². The summed E-state index contributed by atoms with van der Waals surface area (Å²) in [6, 6.07) is 3.77. The number of aryl methyl sites for hydroxylation is 1.